The molecule has 0 aromatic heterocycles. The summed E-state index contributed by atoms with van der Waals surface area (Å²) in [5.74, 6) is -0.481. The van der Waals surface area contributed by atoms with Gasteiger partial charge in [0.05, 0.1) is 31.4 Å². The maximum absolute atomic E-state index is 14.6. The lowest BCUT2D eigenvalue weighted by Crippen LogP contribution is -2.54. The summed E-state index contributed by atoms with van der Waals surface area (Å²) in [6.07, 6.45) is 0.151. The summed E-state index contributed by atoms with van der Waals surface area (Å²) < 4.78 is 59.9. The van der Waals surface area contributed by atoms with Gasteiger partial charge in [-0.15, -0.1) is 0 Å². The normalized spacial score (nSPS) is 11.8. The number of hydrogen-bond acceptors (Lipinski definition) is 7. The number of methoxy groups -OCH3 is 2. The zero-order valence-corrected chi connectivity index (χ0v) is 29.1. The van der Waals surface area contributed by atoms with Crippen molar-refractivity contribution in [3.8, 4) is 17.2 Å². The second kappa shape index (κ2) is 16.8. The van der Waals surface area contributed by atoms with Crippen molar-refractivity contribution in [1.82, 2.24) is 10.2 Å². The second-order valence-electron chi connectivity index (χ2n) is 11.5. The van der Waals surface area contributed by atoms with Crippen LogP contribution in [0.3, 0.4) is 0 Å². The number of carbonyl (C=O) groups is 2. The lowest BCUT2D eigenvalue weighted by molar-refractivity contribution is -0.140. The number of benzene rings is 4. The average molecular weight is 692 g/mol. The molecule has 49 heavy (non-hydrogen) atoms. The molecule has 1 atom stereocenters. The highest BCUT2D eigenvalue weighted by atomic mass is 32.2. The number of anilines is 1. The van der Waals surface area contributed by atoms with Gasteiger partial charge in [-0.05, 0) is 80.4 Å². The first-order valence-corrected chi connectivity index (χ1v) is 17.3. The van der Waals surface area contributed by atoms with Crippen LogP contribution in [0.4, 0.5) is 10.1 Å². The molecule has 0 bridgehead atoms. The summed E-state index contributed by atoms with van der Waals surface area (Å²) in [6.45, 7) is 5.12. The van der Waals surface area contributed by atoms with E-state index >= 15 is 0 Å². The summed E-state index contributed by atoms with van der Waals surface area (Å²) in [7, 11) is -1.58. The Hall–Kier alpha value is -5.10. The minimum atomic E-state index is -4.41. The summed E-state index contributed by atoms with van der Waals surface area (Å²) in [5, 5.41) is 2.91. The lowest BCUT2D eigenvalue weighted by Gasteiger charge is -2.34. The first-order chi connectivity index (χ1) is 23.5. The molecule has 1 N–H and O–H groups in total. The van der Waals surface area contributed by atoms with E-state index in [1.807, 2.05) is 51.1 Å². The van der Waals surface area contributed by atoms with Gasteiger partial charge < -0.3 is 24.4 Å². The van der Waals surface area contributed by atoms with Gasteiger partial charge in [-0.25, -0.2) is 12.8 Å². The lowest BCUT2D eigenvalue weighted by atomic mass is 10.0. The number of nitrogens with zero attached hydrogens (tertiary/aromatic N) is 2. The van der Waals surface area contributed by atoms with Gasteiger partial charge in [-0.3, -0.25) is 13.9 Å². The maximum atomic E-state index is 14.6. The van der Waals surface area contributed by atoms with Crippen molar-refractivity contribution in [2.24, 2.45) is 0 Å². The molecule has 260 valence electrons. The topological polar surface area (TPSA) is 114 Å². The highest BCUT2D eigenvalue weighted by Gasteiger charge is 2.35. The van der Waals surface area contributed by atoms with Gasteiger partial charge in [0, 0.05) is 25.1 Å². The molecule has 4 aromatic carbocycles. The van der Waals surface area contributed by atoms with E-state index in [1.54, 1.807) is 24.3 Å². The van der Waals surface area contributed by atoms with Crippen molar-refractivity contribution < 1.29 is 36.6 Å². The molecule has 10 nitrogen and oxygen atoms in total. The number of hydrogen-bond donors (Lipinski definition) is 1. The minimum Gasteiger partial charge on any atom is -0.494 e. The van der Waals surface area contributed by atoms with E-state index in [-0.39, 0.29) is 35.3 Å². The molecular formula is C37H42FN3O7S. The number of rotatable bonds is 16. The average Bonchev–Trinajstić information content (AvgIpc) is 3.09. The van der Waals surface area contributed by atoms with Gasteiger partial charge in [0.1, 0.15) is 24.2 Å². The van der Waals surface area contributed by atoms with Crippen LogP contribution in [0.2, 0.25) is 0 Å². The van der Waals surface area contributed by atoms with E-state index in [1.165, 1.54) is 61.6 Å². The Labute approximate surface area is 287 Å². The summed E-state index contributed by atoms with van der Waals surface area (Å²) >= 11 is 0. The third-order valence-electron chi connectivity index (χ3n) is 7.63. The molecule has 4 rings (SSSR count). The number of nitrogens with one attached hydrogen (secondary N) is 1. The van der Waals surface area contributed by atoms with E-state index in [0.29, 0.717) is 23.7 Å². The van der Waals surface area contributed by atoms with Crippen LogP contribution in [0.25, 0.3) is 0 Å². The first-order valence-electron chi connectivity index (χ1n) is 15.8. The van der Waals surface area contributed by atoms with Crippen molar-refractivity contribution >= 4 is 27.5 Å². The van der Waals surface area contributed by atoms with Crippen molar-refractivity contribution in [3.63, 3.8) is 0 Å². The Morgan fingerprint density at radius 1 is 0.837 bits per heavy atom. The molecule has 4 aromatic rings. The quantitative estimate of drug-likeness (QED) is 0.163. The Morgan fingerprint density at radius 2 is 1.49 bits per heavy atom. The SMILES string of the molecule is CCOc1ccc(N(CC(=O)N(Cc2ccc(F)cc2)[C@H](Cc2ccccc2)C(=O)NC(C)C)S(=O)(=O)c2ccc(OC)c(OC)c2)cc1. The minimum absolute atomic E-state index is 0.0876. The number of halogens is 1. The van der Waals surface area contributed by atoms with Gasteiger partial charge in [-0.1, -0.05) is 42.5 Å². The third kappa shape index (κ3) is 9.50. The van der Waals surface area contributed by atoms with Crippen LogP contribution in [0, 0.1) is 5.82 Å². The van der Waals surface area contributed by atoms with Gasteiger partial charge in [0.25, 0.3) is 10.0 Å². The Bertz CT molecular complexity index is 1800. The van der Waals surface area contributed by atoms with Crippen molar-refractivity contribution in [1.29, 1.82) is 0 Å². The van der Waals surface area contributed by atoms with Crippen LogP contribution in [-0.2, 0) is 32.6 Å². The molecule has 0 aliphatic carbocycles. The van der Waals surface area contributed by atoms with Crippen molar-refractivity contribution in [2.75, 3.05) is 31.7 Å². The maximum Gasteiger partial charge on any atom is 0.264 e. The fraction of sp³-hybridized carbons (Fsp3) is 0.297. The van der Waals surface area contributed by atoms with Crippen LogP contribution in [0.15, 0.2) is 102 Å². The molecule has 0 saturated carbocycles. The predicted molar refractivity (Wildman–Crippen MR) is 186 cm³/mol. The van der Waals surface area contributed by atoms with Crippen LogP contribution in [0.1, 0.15) is 31.9 Å². The van der Waals surface area contributed by atoms with Crippen LogP contribution in [-0.4, -0.2) is 64.6 Å². The summed E-state index contributed by atoms with van der Waals surface area (Å²) in [5.41, 5.74) is 1.55. The van der Waals surface area contributed by atoms with Gasteiger partial charge in [0.2, 0.25) is 11.8 Å². The van der Waals surface area contributed by atoms with Crippen molar-refractivity contribution in [3.05, 3.63) is 114 Å². The highest BCUT2D eigenvalue weighted by molar-refractivity contribution is 7.92. The Kier molecular flexibility index (Phi) is 12.6. The summed E-state index contributed by atoms with van der Waals surface area (Å²) in [6, 6.07) is 24.0. The number of amides is 2. The Morgan fingerprint density at radius 3 is 2.08 bits per heavy atom. The second-order valence-corrected chi connectivity index (χ2v) is 13.3. The predicted octanol–water partition coefficient (Wildman–Crippen LogP) is 5.60. The monoisotopic (exact) mass is 691 g/mol. The molecule has 0 aliphatic rings. The molecule has 0 saturated heterocycles. The van der Waals surface area contributed by atoms with Gasteiger partial charge >= 0.3 is 0 Å². The van der Waals surface area contributed by atoms with Crippen molar-refractivity contribution in [2.45, 2.75) is 50.7 Å². The van der Waals surface area contributed by atoms with Gasteiger partial charge in [0.15, 0.2) is 11.5 Å². The van der Waals surface area contributed by atoms with Crippen LogP contribution in [0.5, 0.6) is 17.2 Å². The highest BCUT2D eigenvalue weighted by Crippen LogP contribution is 2.33. The largest absolute Gasteiger partial charge is 0.494 e. The van der Waals surface area contributed by atoms with E-state index in [0.717, 1.165) is 9.87 Å². The zero-order chi connectivity index (χ0) is 35.6. The zero-order valence-electron chi connectivity index (χ0n) is 28.3. The number of sulfonamides is 1. The van der Waals surface area contributed by atoms with E-state index in [4.69, 9.17) is 14.2 Å². The van der Waals surface area contributed by atoms with E-state index in [9.17, 15) is 22.4 Å². The van der Waals surface area contributed by atoms with Gasteiger partial charge in [-0.2, -0.15) is 0 Å². The first kappa shape index (κ1) is 36.7. The molecule has 12 heteroatoms. The molecule has 0 spiro atoms. The fourth-order valence-corrected chi connectivity index (χ4v) is 6.66. The van der Waals surface area contributed by atoms with E-state index in [2.05, 4.69) is 5.32 Å². The molecule has 0 aliphatic heterocycles. The molecule has 0 heterocycles. The van der Waals surface area contributed by atoms with E-state index < -0.39 is 40.2 Å². The molecule has 0 fully saturated rings. The van der Waals surface area contributed by atoms with Crippen LogP contribution < -0.4 is 23.8 Å². The third-order valence-corrected chi connectivity index (χ3v) is 9.40. The smallest absolute Gasteiger partial charge is 0.264 e. The number of ether oxygens (including phenoxy) is 3. The number of carbonyl (C=O) groups excluding carboxylic acids is 2. The fourth-order valence-electron chi connectivity index (χ4n) is 5.23. The molecule has 0 unspecified atom stereocenters. The molecule has 0 radical (unpaired) electrons. The molecular weight excluding hydrogens is 649 g/mol. The van der Waals surface area contributed by atoms with Crippen LogP contribution >= 0.6 is 0 Å². The summed E-state index contributed by atoms with van der Waals surface area (Å²) in [4.78, 5) is 29.6. The Balaban J connectivity index is 1.83. The molecule has 2 amide bonds. The standard InChI is InChI=1S/C37H42FN3O7S/c1-6-48-31-18-16-30(17-19-31)41(49(44,45)32-20-21-34(46-4)35(23-32)47-5)25-36(42)40(24-28-12-14-29(38)15-13-28)33(37(43)39-26(2)3)22-27-10-8-7-9-11-27/h7-21,23,26,33H,6,22,24-25H2,1-5H3,(H,39,43)/t33-/m1/s1.